The third-order valence-corrected chi connectivity index (χ3v) is 6.11. The molecule has 0 spiro atoms. The molecule has 0 radical (unpaired) electrons. The standard InChI is InChI=1S/C24H34N4O/c1-2-3-4-5-6-7-8-9-17-28-18-15-19-20(12-10-14-22(19)28)23-26-24(29-27-23)21-13-11-16-25-21/h10,12,14-15,18,21,25H,2-9,11,13,16-17H2,1H3/t21-/m0/s1. The Hall–Kier alpha value is -2.14. The summed E-state index contributed by atoms with van der Waals surface area (Å²) in [5.41, 5.74) is 2.32. The summed E-state index contributed by atoms with van der Waals surface area (Å²) in [4.78, 5) is 4.69. The van der Waals surface area contributed by atoms with E-state index in [2.05, 4.69) is 57.4 Å². The van der Waals surface area contributed by atoms with Gasteiger partial charge in [0.15, 0.2) is 0 Å². The first-order chi connectivity index (χ1) is 14.4. The van der Waals surface area contributed by atoms with Crippen LogP contribution in [0.5, 0.6) is 0 Å². The number of nitrogens with one attached hydrogen (secondary N) is 1. The van der Waals surface area contributed by atoms with Gasteiger partial charge in [-0.05, 0) is 37.9 Å². The predicted molar refractivity (Wildman–Crippen MR) is 118 cm³/mol. The van der Waals surface area contributed by atoms with E-state index < -0.39 is 0 Å². The lowest BCUT2D eigenvalue weighted by molar-refractivity contribution is 0.345. The van der Waals surface area contributed by atoms with Crippen LogP contribution in [0.2, 0.25) is 0 Å². The van der Waals surface area contributed by atoms with Crippen LogP contribution in [-0.4, -0.2) is 21.3 Å². The van der Waals surface area contributed by atoms with Gasteiger partial charge in [0, 0.05) is 29.2 Å². The molecule has 1 aliphatic heterocycles. The van der Waals surface area contributed by atoms with E-state index in [9.17, 15) is 0 Å². The van der Waals surface area contributed by atoms with E-state index in [0.29, 0.717) is 11.7 Å². The number of fused-ring (bicyclic) bond motifs is 1. The highest BCUT2D eigenvalue weighted by Crippen LogP contribution is 2.30. The molecule has 1 N–H and O–H groups in total. The van der Waals surface area contributed by atoms with E-state index in [1.54, 1.807) is 0 Å². The number of hydrogen-bond donors (Lipinski definition) is 1. The molecule has 1 saturated heterocycles. The van der Waals surface area contributed by atoms with E-state index >= 15 is 0 Å². The van der Waals surface area contributed by atoms with E-state index in [0.717, 1.165) is 25.1 Å². The molecule has 0 saturated carbocycles. The van der Waals surface area contributed by atoms with Crippen LogP contribution in [0, 0.1) is 0 Å². The van der Waals surface area contributed by atoms with Gasteiger partial charge in [-0.25, -0.2) is 0 Å². The lowest BCUT2D eigenvalue weighted by atomic mass is 10.1. The maximum absolute atomic E-state index is 5.56. The topological polar surface area (TPSA) is 55.9 Å². The molecule has 4 rings (SSSR count). The lowest BCUT2D eigenvalue weighted by Gasteiger charge is -2.06. The highest BCUT2D eigenvalue weighted by Gasteiger charge is 2.23. The van der Waals surface area contributed by atoms with Crippen molar-refractivity contribution in [2.45, 2.75) is 83.7 Å². The molecule has 156 valence electrons. The van der Waals surface area contributed by atoms with Gasteiger partial charge in [0.25, 0.3) is 0 Å². The fourth-order valence-electron chi connectivity index (χ4n) is 4.41. The van der Waals surface area contributed by atoms with E-state index in [1.165, 1.54) is 68.7 Å². The second-order valence-corrected chi connectivity index (χ2v) is 8.33. The molecule has 0 aliphatic carbocycles. The van der Waals surface area contributed by atoms with Gasteiger partial charge in [0.2, 0.25) is 11.7 Å². The van der Waals surface area contributed by atoms with E-state index in [1.807, 2.05) is 0 Å². The molecule has 1 atom stereocenters. The maximum atomic E-state index is 5.56. The number of nitrogens with zero attached hydrogens (tertiary/aromatic N) is 3. The van der Waals surface area contributed by atoms with Gasteiger partial charge in [0.1, 0.15) is 0 Å². The Bertz CT molecular complexity index is 891. The highest BCUT2D eigenvalue weighted by atomic mass is 16.5. The Morgan fingerprint density at radius 1 is 1.07 bits per heavy atom. The second-order valence-electron chi connectivity index (χ2n) is 8.33. The largest absolute Gasteiger partial charge is 0.347 e. The molecular weight excluding hydrogens is 360 g/mol. The monoisotopic (exact) mass is 394 g/mol. The molecular formula is C24H34N4O. The molecule has 5 nitrogen and oxygen atoms in total. The van der Waals surface area contributed by atoms with Crippen LogP contribution < -0.4 is 5.32 Å². The number of unbranched alkanes of at least 4 members (excludes halogenated alkanes) is 7. The Labute approximate surface area is 173 Å². The van der Waals surface area contributed by atoms with Gasteiger partial charge in [-0.2, -0.15) is 4.98 Å². The summed E-state index contributed by atoms with van der Waals surface area (Å²) in [6.45, 7) is 4.38. The summed E-state index contributed by atoms with van der Waals surface area (Å²) in [5.74, 6) is 1.41. The first-order valence-corrected chi connectivity index (χ1v) is 11.5. The zero-order valence-corrected chi connectivity index (χ0v) is 17.7. The summed E-state index contributed by atoms with van der Waals surface area (Å²) < 4.78 is 7.93. The molecule has 29 heavy (non-hydrogen) atoms. The van der Waals surface area contributed by atoms with Crippen LogP contribution in [0.1, 0.15) is 83.1 Å². The first kappa shape index (κ1) is 20.1. The van der Waals surface area contributed by atoms with Gasteiger partial charge in [-0.15, -0.1) is 0 Å². The minimum atomic E-state index is 0.210. The van der Waals surface area contributed by atoms with Gasteiger partial charge >= 0.3 is 0 Å². The third kappa shape index (κ3) is 4.89. The summed E-state index contributed by atoms with van der Waals surface area (Å²) in [7, 11) is 0. The van der Waals surface area contributed by atoms with Crippen molar-refractivity contribution in [1.82, 2.24) is 20.0 Å². The van der Waals surface area contributed by atoms with Crippen molar-refractivity contribution in [3.63, 3.8) is 0 Å². The number of aryl methyl sites for hydroxylation is 1. The van der Waals surface area contributed by atoms with Crippen molar-refractivity contribution in [3.8, 4) is 11.4 Å². The maximum Gasteiger partial charge on any atom is 0.244 e. The van der Waals surface area contributed by atoms with Crippen molar-refractivity contribution < 1.29 is 4.52 Å². The van der Waals surface area contributed by atoms with Gasteiger partial charge in [0.05, 0.1) is 6.04 Å². The Balaban J connectivity index is 1.37. The molecule has 1 fully saturated rings. The van der Waals surface area contributed by atoms with E-state index in [-0.39, 0.29) is 6.04 Å². The van der Waals surface area contributed by atoms with Crippen LogP contribution in [0.25, 0.3) is 22.3 Å². The Morgan fingerprint density at radius 3 is 2.69 bits per heavy atom. The van der Waals surface area contributed by atoms with Gasteiger partial charge < -0.3 is 14.4 Å². The zero-order chi connectivity index (χ0) is 19.9. The van der Waals surface area contributed by atoms with Crippen LogP contribution in [0.15, 0.2) is 35.0 Å². The molecule has 0 bridgehead atoms. The molecule has 0 amide bonds. The third-order valence-electron chi connectivity index (χ3n) is 6.11. The molecule has 5 heteroatoms. The van der Waals surface area contributed by atoms with Crippen molar-refractivity contribution >= 4 is 10.9 Å². The van der Waals surface area contributed by atoms with Gasteiger partial charge in [-0.1, -0.05) is 69.2 Å². The molecule has 1 aliphatic rings. The molecule has 3 heterocycles. The summed E-state index contributed by atoms with van der Waals surface area (Å²) in [6.07, 6.45) is 15.2. The smallest absolute Gasteiger partial charge is 0.244 e. The lowest BCUT2D eigenvalue weighted by Crippen LogP contribution is -2.12. The SMILES string of the molecule is CCCCCCCCCCn1ccc2c(-c3noc([C@@H]4CCCN4)n3)cccc21. The molecule has 0 unspecified atom stereocenters. The van der Waals surface area contributed by atoms with Crippen molar-refractivity contribution in [1.29, 1.82) is 0 Å². The minimum Gasteiger partial charge on any atom is -0.347 e. The Morgan fingerprint density at radius 2 is 1.90 bits per heavy atom. The summed E-state index contributed by atoms with van der Waals surface area (Å²) in [5, 5.41) is 8.91. The average Bonchev–Trinajstić information content (AvgIpc) is 3.50. The first-order valence-electron chi connectivity index (χ1n) is 11.5. The summed E-state index contributed by atoms with van der Waals surface area (Å²) in [6, 6.07) is 8.80. The molecule has 2 aromatic heterocycles. The minimum absolute atomic E-state index is 0.210. The van der Waals surface area contributed by atoms with Gasteiger partial charge in [-0.3, -0.25) is 0 Å². The van der Waals surface area contributed by atoms with Crippen LogP contribution in [0.4, 0.5) is 0 Å². The van der Waals surface area contributed by atoms with Crippen molar-refractivity contribution in [2.24, 2.45) is 0 Å². The van der Waals surface area contributed by atoms with Crippen LogP contribution in [0.3, 0.4) is 0 Å². The van der Waals surface area contributed by atoms with E-state index in [4.69, 9.17) is 4.52 Å². The number of aromatic nitrogens is 3. The number of hydrogen-bond acceptors (Lipinski definition) is 4. The van der Waals surface area contributed by atoms with Crippen LogP contribution in [-0.2, 0) is 6.54 Å². The summed E-state index contributed by atoms with van der Waals surface area (Å²) >= 11 is 0. The van der Waals surface area contributed by atoms with Crippen LogP contribution >= 0.6 is 0 Å². The fourth-order valence-corrected chi connectivity index (χ4v) is 4.41. The highest BCUT2D eigenvalue weighted by molar-refractivity contribution is 5.93. The van der Waals surface area contributed by atoms with Crippen molar-refractivity contribution in [2.75, 3.05) is 6.54 Å². The number of rotatable bonds is 11. The van der Waals surface area contributed by atoms with Crippen molar-refractivity contribution in [3.05, 3.63) is 36.4 Å². The normalized spacial score (nSPS) is 16.8. The number of benzene rings is 1. The average molecular weight is 395 g/mol. The second kappa shape index (κ2) is 10.1. The fraction of sp³-hybridized carbons (Fsp3) is 0.583. The predicted octanol–water partition coefficient (Wildman–Crippen LogP) is 6.26. The molecule has 1 aromatic carbocycles. The Kier molecular flexibility index (Phi) is 6.99. The zero-order valence-electron chi connectivity index (χ0n) is 17.7. The molecule has 3 aromatic rings. The quantitative estimate of drug-likeness (QED) is 0.390.